The average molecular weight is 360 g/mol. The molecule has 0 saturated heterocycles. The average Bonchev–Trinajstić information content (AvgIpc) is 2.96. The van der Waals surface area contributed by atoms with Gasteiger partial charge in [0, 0.05) is 19.9 Å². The Bertz CT molecular complexity index is 939. The summed E-state index contributed by atoms with van der Waals surface area (Å²) in [4.78, 5) is 8.83. The molecule has 3 aromatic rings. The summed E-state index contributed by atoms with van der Waals surface area (Å²) in [7, 11) is -1.84. The first-order valence-corrected chi connectivity index (χ1v) is 9.54. The van der Waals surface area contributed by atoms with E-state index in [-0.39, 0.29) is 12.3 Å². The summed E-state index contributed by atoms with van der Waals surface area (Å²) < 4.78 is 34.3. The van der Waals surface area contributed by atoms with E-state index in [1.165, 1.54) is 0 Å². The van der Waals surface area contributed by atoms with Gasteiger partial charge >= 0.3 is 0 Å². The second-order valence-corrected chi connectivity index (χ2v) is 7.39. The predicted molar refractivity (Wildman–Crippen MR) is 95.3 cm³/mol. The highest BCUT2D eigenvalue weighted by molar-refractivity contribution is 7.88. The fourth-order valence-corrected chi connectivity index (χ4v) is 3.66. The van der Waals surface area contributed by atoms with Crippen molar-refractivity contribution in [1.82, 2.24) is 19.3 Å². The zero-order valence-corrected chi connectivity index (χ0v) is 14.7. The molecular weight excluding hydrogens is 340 g/mol. The van der Waals surface area contributed by atoms with Gasteiger partial charge in [0.25, 0.3) is 0 Å². The molecular formula is C17H20N4O3S. The van der Waals surface area contributed by atoms with E-state index < -0.39 is 10.0 Å². The first-order chi connectivity index (χ1) is 12.1. The molecule has 0 bridgehead atoms. The molecule has 0 amide bonds. The minimum absolute atomic E-state index is 0.0651. The van der Waals surface area contributed by atoms with Crippen molar-refractivity contribution in [1.29, 1.82) is 0 Å². The normalized spacial score (nSPS) is 11.9. The van der Waals surface area contributed by atoms with Crippen LogP contribution in [0.5, 0.6) is 0 Å². The molecule has 2 heterocycles. The number of sulfonamides is 1. The molecule has 0 fully saturated rings. The van der Waals surface area contributed by atoms with E-state index in [2.05, 4.69) is 14.7 Å². The quantitative estimate of drug-likeness (QED) is 0.661. The fraction of sp³-hybridized carbons (Fsp3) is 0.294. The van der Waals surface area contributed by atoms with Crippen LogP contribution < -0.4 is 4.72 Å². The van der Waals surface area contributed by atoms with Crippen molar-refractivity contribution in [3.63, 3.8) is 0 Å². The van der Waals surface area contributed by atoms with Crippen LogP contribution in [0.25, 0.3) is 11.2 Å². The molecule has 7 nitrogen and oxygen atoms in total. The van der Waals surface area contributed by atoms with Gasteiger partial charge in [0.15, 0.2) is 5.65 Å². The molecule has 1 N–H and O–H groups in total. The molecule has 1 aromatic carbocycles. The standard InChI is InChI=1S/C17H20N4O3S/c1-24-11-10-21-16(20-15-8-5-9-18-17(15)21)12-19-25(22,23)13-14-6-3-2-4-7-14/h2-9,19H,10-13H2,1H3. The van der Waals surface area contributed by atoms with E-state index in [9.17, 15) is 8.42 Å². The minimum Gasteiger partial charge on any atom is -0.383 e. The van der Waals surface area contributed by atoms with Gasteiger partial charge in [-0.1, -0.05) is 30.3 Å². The number of imidazole rings is 1. The van der Waals surface area contributed by atoms with Crippen molar-refractivity contribution in [3.8, 4) is 0 Å². The number of ether oxygens (including phenoxy) is 1. The van der Waals surface area contributed by atoms with Crippen LogP contribution in [-0.2, 0) is 33.6 Å². The molecule has 0 saturated carbocycles. The highest BCUT2D eigenvalue weighted by Crippen LogP contribution is 2.14. The molecule has 0 unspecified atom stereocenters. The van der Waals surface area contributed by atoms with Gasteiger partial charge in [-0.2, -0.15) is 0 Å². The van der Waals surface area contributed by atoms with E-state index >= 15 is 0 Å². The molecule has 3 rings (SSSR count). The third-order valence-corrected chi connectivity index (χ3v) is 5.05. The maximum atomic E-state index is 12.3. The van der Waals surface area contributed by atoms with Gasteiger partial charge in [0.2, 0.25) is 10.0 Å². The van der Waals surface area contributed by atoms with Crippen molar-refractivity contribution >= 4 is 21.2 Å². The highest BCUT2D eigenvalue weighted by atomic mass is 32.2. The van der Waals surface area contributed by atoms with Crippen molar-refractivity contribution < 1.29 is 13.2 Å². The molecule has 0 spiro atoms. The third-order valence-electron chi connectivity index (χ3n) is 3.75. The monoisotopic (exact) mass is 360 g/mol. The van der Waals surface area contributed by atoms with Gasteiger partial charge < -0.3 is 9.30 Å². The number of hydrogen-bond donors (Lipinski definition) is 1. The SMILES string of the molecule is COCCn1c(CNS(=O)(=O)Cc2ccccc2)nc2cccnc21. The van der Waals surface area contributed by atoms with Crippen LogP contribution in [0.4, 0.5) is 0 Å². The predicted octanol–water partition coefficient (Wildman–Crippen LogP) is 1.70. The van der Waals surface area contributed by atoms with Gasteiger partial charge in [-0.3, -0.25) is 0 Å². The number of nitrogens with one attached hydrogen (secondary N) is 1. The van der Waals surface area contributed by atoms with Crippen LogP contribution >= 0.6 is 0 Å². The number of rotatable bonds is 8. The number of fused-ring (bicyclic) bond motifs is 1. The summed E-state index contributed by atoms with van der Waals surface area (Å²) in [6.45, 7) is 1.15. The maximum Gasteiger partial charge on any atom is 0.216 e. The number of hydrogen-bond acceptors (Lipinski definition) is 5. The van der Waals surface area contributed by atoms with E-state index in [1.807, 2.05) is 28.8 Å². The molecule has 0 aliphatic rings. The molecule has 8 heteroatoms. The Morgan fingerprint density at radius 1 is 1.16 bits per heavy atom. The first kappa shape index (κ1) is 17.5. The van der Waals surface area contributed by atoms with Crippen LogP contribution in [0.2, 0.25) is 0 Å². The van der Waals surface area contributed by atoms with E-state index in [0.29, 0.717) is 19.0 Å². The molecule has 0 aliphatic heterocycles. The van der Waals surface area contributed by atoms with Crippen molar-refractivity contribution in [2.24, 2.45) is 0 Å². The molecule has 25 heavy (non-hydrogen) atoms. The largest absolute Gasteiger partial charge is 0.383 e. The molecule has 0 radical (unpaired) electrons. The highest BCUT2D eigenvalue weighted by Gasteiger charge is 2.16. The number of methoxy groups -OCH3 is 1. The number of benzene rings is 1. The van der Waals surface area contributed by atoms with Crippen molar-refractivity contribution in [2.75, 3.05) is 13.7 Å². The second-order valence-electron chi connectivity index (χ2n) is 5.58. The Kier molecular flexibility index (Phi) is 5.42. The number of pyridine rings is 1. The van der Waals surface area contributed by atoms with E-state index in [0.717, 1.165) is 16.7 Å². The maximum absolute atomic E-state index is 12.3. The van der Waals surface area contributed by atoms with Crippen molar-refractivity contribution in [3.05, 3.63) is 60.0 Å². The van der Waals surface area contributed by atoms with Crippen LogP contribution in [-0.4, -0.2) is 36.7 Å². The van der Waals surface area contributed by atoms with Gasteiger partial charge in [0.1, 0.15) is 11.3 Å². The summed E-state index contributed by atoms with van der Waals surface area (Å²) in [5, 5.41) is 0. The molecule has 2 aromatic heterocycles. The summed E-state index contributed by atoms with van der Waals surface area (Å²) in [5.41, 5.74) is 2.19. The van der Waals surface area contributed by atoms with Gasteiger partial charge in [-0.25, -0.2) is 23.1 Å². The summed E-state index contributed by atoms with van der Waals surface area (Å²) in [6, 6.07) is 12.7. The third kappa shape index (κ3) is 4.41. The fourth-order valence-electron chi connectivity index (χ4n) is 2.58. The van der Waals surface area contributed by atoms with Crippen molar-refractivity contribution in [2.45, 2.75) is 18.8 Å². The lowest BCUT2D eigenvalue weighted by Crippen LogP contribution is -2.26. The van der Waals surface area contributed by atoms with Crippen LogP contribution in [0.15, 0.2) is 48.7 Å². The molecule has 132 valence electrons. The Balaban J connectivity index is 1.78. The lowest BCUT2D eigenvalue weighted by atomic mass is 10.2. The Labute approximate surface area is 146 Å². The van der Waals surface area contributed by atoms with Gasteiger partial charge in [-0.05, 0) is 17.7 Å². The summed E-state index contributed by atoms with van der Waals surface area (Å²) in [6.07, 6.45) is 1.69. The Morgan fingerprint density at radius 2 is 1.96 bits per heavy atom. The summed E-state index contributed by atoms with van der Waals surface area (Å²) >= 11 is 0. The molecule has 0 aliphatic carbocycles. The molecule has 0 atom stereocenters. The lowest BCUT2D eigenvalue weighted by Gasteiger charge is -2.10. The Morgan fingerprint density at radius 3 is 2.72 bits per heavy atom. The smallest absolute Gasteiger partial charge is 0.216 e. The topological polar surface area (TPSA) is 86.1 Å². The van der Waals surface area contributed by atoms with Crippen LogP contribution in [0.3, 0.4) is 0 Å². The number of nitrogens with zero attached hydrogens (tertiary/aromatic N) is 3. The Hall–Kier alpha value is -2.29. The lowest BCUT2D eigenvalue weighted by molar-refractivity contribution is 0.187. The van der Waals surface area contributed by atoms with Gasteiger partial charge in [0.05, 0.1) is 18.9 Å². The van der Waals surface area contributed by atoms with E-state index in [1.54, 1.807) is 31.5 Å². The zero-order chi connectivity index (χ0) is 17.7. The second kappa shape index (κ2) is 7.73. The van der Waals surface area contributed by atoms with Crippen LogP contribution in [0, 0.1) is 0 Å². The summed E-state index contributed by atoms with van der Waals surface area (Å²) in [5.74, 6) is 0.548. The zero-order valence-electron chi connectivity index (χ0n) is 13.9. The minimum atomic E-state index is -3.46. The van der Waals surface area contributed by atoms with Gasteiger partial charge in [-0.15, -0.1) is 0 Å². The van der Waals surface area contributed by atoms with Crippen LogP contribution in [0.1, 0.15) is 11.4 Å². The first-order valence-electron chi connectivity index (χ1n) is 7.89. The number of aromatic nitrogens is 3. The van der Waals surface area contributed by atoms with E-state index in [4.69, 9.17) is 4.74 Å².